The van der Waals surface area contributed by atoms with Crippen molar-refractivity contribution in [3.05, 3.63) is 29.8 Å². The van der Waals surface area contributed by atoms with Crippen LogP contribution in [0, 0.1) is 0 Å². The van der Waals surface area contributed by atoms with Crippen LogP contribution in [0.1, 0.15) is 25.5 Å². The van der Waals surface area contributed by atoms with Crippen molar-refractivity contribution in [2.24, 2.45) is 0 Å². The predicted octanol–water partition coefficient (Wildman–Crippen LogP) is 2.11. The third-order valence-electron chi connectivity index (χ3n) is 2.12. The summed E-state index contributed by atoms with van der Waals surface area (Å²) < 4.78 is 5.47. The molecule has 0 amide bonds. The molecule has 0 spiro atoms. The Labute approximate surface area is 101 Å². The summed E-state index contributed by atoms with van der Waals surface area (Å²) >= 11 is 5.46. The van der Waals surface area contributed by atoms with E-state index >= 15 is 0 Å². The van der Waals surface area contributed by atoms with Crippen LogP contribution in [0.25, 0.3) is 0 Å². The molecule has 0 saturated heterocycles. The van der Waals surface area contributed by atoms with Crippen molar-refractivity contribution >= 4 is 11.6 Å². The molecule has 90 valence electrons. The summed E-state index contributed by atoms with van der Waals surface area (Å²) in [5.74, 6) is 0.747. The Morgan fingerprint density at radius 2 is 1.75 bits per heavy atom. The van der Waals surface area contributed by atoms with Gasteiger partial charge in [0.1, 0.15) is 11.9 Å². The average molecular weight is 245 g/mol. The first-order valence-electron chi connectivity index (χ1n) is 5.23. The van der Waals surface area contributed by atoms with Gasteiger partial charge in [-0.15, -0.1) is 11.6 Å². The molecule has 0 radical (unpaired) electrons. The molecule has 0 heterocycles. The van der Waals surface area contributed by atoms with Crippen LogP contribution in [0.15, 0.2) is 24.3 Å². The van der Waals surface area contributed by atoms with E-state index in [-0.39, 0.29) is 12.0 Å². The molecule has 0 aromatic heterocycles. The van der Waals surface area contributed by atoms with Gasteiger partial charge in [0.15, 0.2) is 0 Å². The van der Waals surface area contributed by atoms with E-state index in [1.54, 1.807) is 24.3 Å². The number of hydrogen-bond acceptors (Lipinski definition) is 3. The number of aliphatic hydroxyl groups excluding tert-OH is 2. The Kier molecular flexibility index (Phi) is 5.06. The maximum atomic E-state index is 9.69. The first-order valence-corrected chi connectivity index (χ1v) is 5.76. The van der Waals surface area contributed by atoms with Crippen LogP contribution in [0.5, 0.6) is 5.75 Å². The lowest BCUT2D eigenvalue weighted by Gasteiger charge is -2.16. The zero-order chi connectivity index (χ0) is 12.1. The van der Waals surface area contributed by atoms with Crippen molar-refractivity contribution in [2.75, 3.05) is 5.88 Å². The lowest BCUT2D eigenvalue weighted by Crippen LogP contribution is -2.19. The molecule has 2 atom stereocenters. The minimum atomic E-state index is -0.953. The van der Waals surface area contributed by atoms with Gasteiger partial charge >= 0.3 is 0 Å². The van der Waals surface area contributed by atoms with Gasteiger partial charge in [0.05, 0.1) is 18.1 Å². The molecule has 0 saturated carbocycles. The Bertz CT molecular complexity index is 311. The molecule has 1 rings (SSSR count). The molecule has 16 heavy (non-hydrogen) atoms. The summed E-state index contributed by atoms with van der Waals surface area (Å²) in [6.07, 6.45) is -1.78. The fraction of sp³-hybridized carbons (Fsp3) is 0.500. The number of halogens is 1. The molecule has 1 aromatic rings. The Morgan fingerprint density at radius 1 is 1.19 bits per heavy atom. The molecule has 0 aliphatic carbocycles. The van der Waals surface area contributed by atoms with E-state index < -0.39 is 12.2 Å². The van der Waals surface area contributed by atoms with Gasteiger partial charge in [-0.25, -0.2) is 0 Å². The van der Waals surface area contributed by atoms with Gasteiger partial charge in [-0.3, -0.25) is 0 Å². The topological polar surface area (TPSA) is 49.7 Å². The molecule has 1 aromatic carbocycles. The maximum Gasteiger partial charge on any atom is 0.119 e. The van der Waals surface area contributed by atoms with Gasteiger partial charge in [-0.1, -0.05) is 12.1 Å². The smallest absolute Gasteiger partial charge is 0.119 e. The van der Waals surface area contributed by atoms with Crippen LogP contribution in [0.2, 0.25) is 0 Å². The minimum Gasteiger partial charge on any atom is -0.491 e. The molecule has 2 unspecified atom stereocenters. The van der Waals surface area contributed by atoms with Crippen LogP contribution < -0.4 is 4.74 Å². The molecular weight excluding hydrogens is 228 g/mol. The van der Waals surface area contributed by atoms with Gasteiger partial charge in [0.2, 0.25) is 0 Å². The molecule has 0 aliphatic heterocycles. The van der Waals surface area contributed by atoms with Crippen molar-refractivity contribution < 1.29 is 14.9 Å². The van der Waals surface area contributed by atoms with Crippen molar-refractivity contribution in [2.45, 2.75) is 32.2 Å². The fourth-order valence-corrected chi connectivity index (χ4v) is 1.49. The second-order valence-electron chi connectivity index (χ2n) is 3.90. The minimum absolute atomic E-state index is 0.00537. The first-order chi connectivity index (χ1) is 7.54. The van der Waals surface area contributed by atoms with E-state index in [2.05, 4.69) is 0 Å². The van der Waals surface area contributed by atoms with Crippen LogP contribution in [-0.4, -0.2) is 28.3 Å². The Hall–Kier alpha value is -0.770. The molecule has 0 aliphatic rings. The fourth-order valence-electron chi connectivity index (χ4n) is 1.32. The van der Waals surface area contributed by atoms with E-state index in [1.165, 1.54) is 0 Å². The maximum absolute atomic E-state index is 9.69. The number of benzene rings is 1. The van der Waals surface area contributed by atoms with E-state index in [0.717, 1.165) is 5.75 Å². The number of alkyl halides is 1. The molecule has 0 bridgehead atoms. The molecular formula is C12H17ClO3. The summed E-state index contributed by atoms with van der Waals surface area (Å²) in [6.45, 7) is 3.89. The Balaban J connectivity index is 2.70. The quantitative estimate of drug-likeness (QED) is 0.780. The Morgan fingerprint density at radius 3 is 2.19 bits per heavy atom. The summed E-state index contributed by atoms with van der Waals surface area (Å²) in [5, 5.41) is 19.1. The molecule has 4 heteroatoms. The normalized spacial score (nSPS) is 14.9. The monoisotopic (exact) mass is 244 g/mol. The third-order valence-corrected chi connectivity index (χ3v) is 2.43. The standard InChI is InChI=1S/C12H17ClO3/c1-8(2)16-10-5-3-9(4-6-10)12(15)11(14)7-13/h3-6,8,11-12,14-15H,7H2,1-2H3. The van der Waals surface area contributed by atoms with Gasteiger partial charge in [0.25, 0.3) is 0 Å². The van der Waals surface area contributed by atoms with E-state index in [0.29, 0.717) is 5.56 Å². The highest BCUT2D eigenvalue weighted by Gasteiger charge is 2.16. The third kappa shape index (κ3) is 3.67. The van der Waals surface area contributed by atoms with E-state index in [9.17, 15) is 10.2 Å². The lowest BCUT2D eigenvalue weighted by molar-refractivity contribution is 0.0327. The number of ether oxygens (including phenoxy) is 1. The van der Waals surface area contributed by atoms with Crippen molar-refractivity contribution in [1.29, 1.82) is 0 Å². The SMILES string of the molecule is CC(C)Oc1ccc(C(O)C(O)CCl)cc1. The zero-order valence-corrected chi connectivity index (χ0v) is 10.2. The summed E-state index contributed by atoms with van der Waals surface area (Å²) in [6, 6.07) is 6.97. The lowest BCUT2D eigenvalue weighted by atomic mass is 10.1. The first kappa shape index (κ1) is 13.3. The average Bonchev–Trinajstić information content (AvgIpc) is 2.27. The zero-order valence-electron chi connectivity index (χ0n) is 9.43. The van der Waals surface area contributed by atoms with Gasteiger partial charge in [0, 0.05) is 0 Å². The van der Waals surface area contributed by atoms with Crippen LogP contribution in [0.3, 0.4) is 0 Å². The van der Waals surface area contributed by atoms with E-state index in [4.69, 9.17) is 16.3 Å². The molecule has 0 fully saturated rings. The summed E-state index contributed by atoms with van der Waals surface area (Å²) in [4.78, 5) is 0. The van der Waals surface area contributed by atoms with Gasteiger partial charge in [-0.2, -0.15) is 0 Å². The van der Waals surface area contributed by atoms with Crippen molar-refractivity contribution in [3.8, 4) is 5.75 Å². The highest BCUT2D eigenvalue weighted by atomic mass is 35.5. The highest BCUT2D eigenvalue weighted by Crippen LogP contribution is 2.21. The summed E-state index contributed by atoms with van der Waals surface area (Å²) in [5.41, 5.74) is 0.629. The van der Waals surface area contributed by atoms with Crippen molar-refractivity contribution in [1.82, 2.24) is 0 Å². The molecule has 3 nitrogen and oxygen atoms in total. The largest absolute Gasteiger partial charge is 0.491 e. The second-order valence-corrected chi connectivity index (χ2v) is 4.21. The second kappa shape index (κ2) is 6.09. The molecule has 2 N–H and O–H groups in total. The number of aliphatic hydroxyl groups is 2. The summed E-state index contributed by atoms with van der Waals surface area (Å²) in [7, 11) is 0. The number of hydrogen-bond donors (Lipinski definition) is 2. The van der Waals surface area contributed by atoms with E-state index in [1.807, 2.05) is 13.8 Å². The van der Waals surface area contributed by atoms with Crippen LogP contribution in [-0.2, 0) is 0 Å². The van der Waals surface area contributed by atoms with Gasteiger partial charge in [-0.05, 0) is 31.5 Å². The van der Waals surface area contributed by atoms with Crippen LogP contribution >= 0.6 is 11.6 Å². The van der Waals surface area contributed by atoms with Gasteiger partial charge < -0.3 is 14.9 Å². The highest BCUT2D eigenvalue weighted by molar-refractivity contribution is 6.18. The number of rotatable bonds is 5. The van der Waals surface area contributed by atoms with Crippen LogP contribution in [0.4, 0.5) is 0 Å². The predicted molar refractivity (Wildman–Crippen MR) is 63.9 cm³/mol. The van der Waals surface area contributed by atoms with Crippen molar-refractivity contribution in [3.63, 3.8) is 0 Å².